The van der Waals surface area contributed by atoms with Crippen LogP contribution in [0.3, 0.4) is 0 Å². The smallest absolute Gasteiger partial charge is 0.407 e. The third-order valence-corrected chi connectivity index (χ3v) is 5.36. The number of aromatic amines is 1. The number of benzene rings is 2. The molecule has 10 heteroatoms. The molecule has 2 aromatic carbocycles. The summed E-state index contributed by atoms with van der Waals surface area (Å²) in [5, 5.41) is 11.3. The van der Waals surface area contributed by atoms with Crippen molar-refractivity contribution < 1.29 is 22.7 Å². The Hall–Kier alpha value is -3.37. The van der Waals surface area contributed by atoms with Crippen LogP contribution in [0.5, 0.6) is 0 Å². The minimum atomic E-state index is -3.83. The van der Waals surface area contributed by atoms with Gasteiger partial charge in [0, 0.05) is 29.2 Å². The maximum Gasteiger partial charge on any atom is 0.407 e. The van der Waals surface area contributed by atoms with E-state index in [0.29, 0.717) is 5.69 Å². The molecule has 1 aromatic heterocycles. The molecule has 0 aliphatic heterocycles. The maximum absolute atomic E-state index is 12.9. The van der Waals surface area contributed by atoms with Crippen molar-refractivity contribution in [1.82, 2.24) is 10.3 Å². The van der Waals surface area contributed by atoms with Crippen LogP contribution in [-0.2, 0) is 26.0 Å². The highest BCUT2D eigenvalue weighted by molar-refractivity contribution is 7.89. The summed E-state index contributed by atoms with van der Waals surface area (Å²) in [7, 11) is -3.83. The zero-order chi connectivity index (χ0) is 21.7. The van der Waals surface area contributed by atoms with Crippen molar-refractivity contribution in [3.8, 4) is 0 Å². The number of amides is 2. The van der Waals surface area contributed by atoms with Gasteiger partial charge in [0.1, 0.15) is 6.04 Å². The lowest BCUT2D eigenvalue weighted by molar-refractivity contribution is -0.118. The van der Waals surface area contributed by atoms with Crippen LogP contribution in [0.25, 0.3) is 10.9 Å². The summed E-state index contributed by atoms with van der Waals surface area (Å²) in [5.74, 6) is -0.475. The summed E-state index contributed by atoms with van der Waals surface area (Å²) in [6, 6.07) is 12.1. The molecule has 3 rings (SSSR count). The molecule has 0 fully saturated rings. The van der Waals surface area contributed by atoms with E-state index in [1.807, 2.05) is 24.3 Å². The number of nitrogens with two attached hydrogens (primary N) is 1. The molecule has 9 nitrogen and oxygen atoms in total. The number of aromatic nitrogens is 1. The van der Waals surface area contributed by atoms with Crippen LogP contribution < -0.4 is 15.8 Å². The van der Waals surface area contributed by atoms with Crippen LogP contribution in [0.15, 0.2) is 59.6 Å². The second kappa shape index (κ2) is 8.97. The maximum atomic E-state index is 12.9. The van der Waals surface area contributed by atoms with E-state index in [2.05, 4.69) is 15.6 Å². The Morgan fingerprint density at radius 2 is 1.83 bits per heavy atom. The average molecular weight is 430 g/mol. The Morgan fingerprint density at radius 1 is 1.13 bits per heavy atom. The number of rotatable bonds is 7. The minimum Gasteiger partial charge on any atom is -0.450 e. The van der Waals surface area contributed by atoms with Crippen LogP contribution in [0.1, 0.15) is 12.5 Å². The molecular weight excluding hydrogens is 408 g/mol. The third-order valence-electron chi connectivity index (χ3n) is 4.43. The molecule has 0 bridgehead atoms. The predicted molar refractivity (Wildman–Crippen MR) is 112 cm³/mol. The molecule has 1 heterocycles. The van der Waals surface area contributed by atoms with Gasteiger partial charge >= 0.3 is 6.09 Å². The van der Waals surface area contributed by atoms with Gasteiger partial charge in [-0.1, -0.05) is 18.2 Å². The second-order valence-electron chi connectivity index (χ2n) is 6.54. The molecule has 0 aliphatic carbocycles. The highest BCUT2D eigenvalue weighted by Crippen LogP contribution is 2.20. The molecule has 0 radical (unpaired) electrons. The van der Waals surface area contributed by atoms with Gasteiger partial charge < -0.3 is 20.4 Å². The molecule has 1 unspecified atom stereocenters. The van der Waals surface area contributed by atoms with Crippen molar-refractivity contribution in [2.24, 2.45) is 5.14 Å². The molecule has 30 heavy (non-hydrogen) atoms. The molecule has 5 N–H and O–H groups in total. The Bertz CT molecular complexity index is 1160. The summed E-state index contributed by atoms with van der Waals surface area (Å²) in [6.45, 7) is 1.84. The van der Waals surface area contributed by atoms with Crippen LogP contribution in [-0.4, -0.2) is 38.1 Å². The van der Waals surface area contributed by atoms with E-state index in [9.17, 15) is 18.0 Å². The van der Waals surface area contributed by atoms with E-state index >= 15 is 0 Å². The number of carbonyl (C=O) groups excluding carboxylic acids is 2. The largest absolute Gasteiger partial charge is 0.450 e. The number of fused-ring (bicyclic) bond motifs is 1. The summed E-state index contributed by atoms with van der Waals surface area (Å²) in [6.07, 6.45) is 1.31. The van der Waals surface area contributed by atoms with Gasteiger partial charge in [0.2, 0.25) is 15.9 Å². The van der Waals surface area contributed by atoms with E-state index in [4.69, 9.17) is 9.88 Å². The standard InChI is InChI=1S/C20H22N4O5S/c1-2-29-20(26)24-18(11-13-12-22-17-6-4-3-5-16(13)17)19(25)23-14-7-9-15(10-8-14)30(21,27)28/h3-10,12,18,22H,2,11H2,1H3,(H,23,25)(H,24,26)(H2,21,27,28). The molecule has 0 spiro atoms. The van der Waals surface area contributed by atoms with Crippen molar-refractivity contribution in [1.29, 1.82) is 0 Å². The Kier molecular flexibility index (Phi) is 6.38. The van der Waals surface area contributed by atoms with Gasteiger partial charge in [-0.15, -0.1) is 0 Å². The lowest BCUT2D eigenvalue weighted by Gasteiger charge is -2.18. The number of H-pyrrole nitrogens is 1. The predicted octanol–water partition coefficient (Wildman–Crippen LogP) is 2.11. The first-order chi connectivity index (χ1) is 14.3. The van der Waals surface area contributed by atoms with Crippen molar-refractivity contribution in [2.45, 2.75) is 24.3 Å². The van der Waals surface area contributed by atoms with E-state index in [-0.39, 0.29) is 17.9 Å². The number of carbonyl (C=O) groups is 2. The first-order valence-corrected chi connectivity index (χ1v) is 10.7. The number of alkyl carbamates (subject to hydrolysis) is 1. The van der Waals surface area contributed by atoms with Crippen molar-refractivity contribution >= 4 is 38.6 Å². The number of ether oxygens (including phenoxy) is 1. The normalized spacial score (nSPS) is 12.3. The summed E-state index contributed by atoms with van der Waals surface area (Å²) in [4.78, 5) is 27.9. The third kappa shape index (κ3) is 5.16. The number of para-hydroxylation sites is 1. The molecule has 3 aromatic rings. The average Bonchev–Trinajstić information content (AvgIpc) is 3.10. The molecule has 158 valence electrons. The highest BCUT2D eigenvalue weighted by Gasteiger charge is 2.23. The van der Waals surface area contributed by atoms with Gasteiger partial charge in [-0.05, 0) is 42.8 Å². The molecule has 2 amide bonds. The van der Waals surface area contributed by atoms with Gasteiger partial charge in [0.25, 0.3) is 0 Å². The number of anilines is 1. The quantitative estimate of drug-likeness (QED) is 0.454. The van der Waals surface area contributed by atoms with E-state index < -0.39 is 28.1 Å². The molecule has 0 saturated heterocycles. The topological polar surface area (TPSA) is 143 Å². The minimum absolute atomic E-state index is 0.0690. The van der Waals surface area contributed by atoms with Crippen LogP contribution in [0, 0.1) is 0 Å². The second-order valence-corrected chi connectivity index (χ2v) is 8.10. The zero-order valence-corrected chi connectivity index (χ0v) is 17.0. The van der Waals surface area contributed by atoms with E-state index in [0.717, 1.165) is 16.5 Å². The Balaban J connectivity index is 1.80. The monoisotopic (exact) mass is 430 g/mol. The number of hydrogen-bond donors (Lipinski definition) is 4. The fourth-order valence-corrected chi connectivity index (χ4v) is 3.52. The lowest BCUT2D eigenvalue weighted by Crippen LogP contribution is -2.45. The van der Waals surface area contributed by atoms with Crippen molar-refractivity contribution in [2.75, 3.05) is 11.9 Å². The van der Waals surface area contributed by atoms with Crippen LogP contribution in [0.4, 0.5) is 10.5 Å². The summed E-state index contributed by atoms with van der Waals surface area (Å²) < 4.78 is 27.7. The Morgan fingerprint density at radius 3 is 2.50 bits per heavy atom. The first kappa shape index (κ1) is 21.3. The molecule has 1 atom stereocenters. The van der Waals surface area contributed by atoms with E-state index in [1.165, 1.54) is 24.3 Å². The summed E-state index contributed by atoms with van der Waals surface area (Å²) in [5.41, 5.74) is 2.13. The van der Waals surface area contributed by atoms with Gasteiger partial charge in [-0.3, -0.25) is 4.79 Å². The van der Waals surface area contributed by atoms with Gasteiger partial charge in [-0.2, -0.15) is 0 Å². The lowest BCUT2D eigenvalue weighted by atomic mass is 10.0. The number of hydrogen-bond acceptors (Lipinski definition) is 5. The number of sulfonamides is 1. The molecular formula is C20H22N4O5S. The van der Waals surface area contributed by atoms with Crippen LogP contribution in [0.2, 0.25) is 0 Å². The SMILES string of the molecule is CCOC(=O)NC(Cc1c[nH]c2ccccc12)C(=O)Nc1ccc(S(N)(=O)=O)cc1. The molecule has 0 saturated carbocycles. The number of nitrogens with one attached hydrogen (secondary N) is 3. The number of primary sulfonamides is 1. The summed E-state index contributed by atoms with van der Waals surface area (Å²) >= 11 is 0. The Labute approximate surface area is 173 Å². The molecule has 0 aliphatic rings. The van der Waals surface area contributed by atoms with E-state index in [1.54, 1.807) is 13.1 Å². The first-order valence-electron chi connectivity index (χ1n) is 9.20. The van der Waals surface area contributed by atoms with Gasteiger partial charge in [0.15, 0.2) is 0 Å². The van der Waals surface area contributed by atoms with Gasteiger partial charge in [-0.25, -0.2) is 18.4 Å². The van der Waals surface area contributed by atoms with Crippen molar-refractivity contribution in [3.05, 3.63) is 60.3 Å². The van der Waals surface area contributed by atoms with Gasteiger partial charge in [0.05, 0.1) is 11.5 Å². The fraction of sp³-hybridized carbons (Fsp3) is 0.200. The highest BCUT2D eigenvalue weighted by atomic mass is 32.2. The van der Waals surface area contributed by atoms with Crippen molar-refractivity contribution in [3.63, 3.8) is 0 Å². The van der Waals surface area contributed by atoms with Crippen LogP contribution >= 0.6 is 0 Å². The zero-order valence-electron chi connectivity index (χ0n) is 16.2. The fourth-order valence-electron chi connectivity index (χ4n) is 3.00.